The van der Waals surface area contributed by atoms with Crippen LogP contribution >= 0.6 is 24.0 Å². The summed E-state index contributed by atoms with van der Waals surface area (Å²) in [6.07, 6.45) is 1.80. The monoisotopic (exact) mass is 312 g/mol. The summed E-state index contributed by atoms with van der Waals surface area (Å²) in [7, 11) is 0. The SMILES string of the molecule is CC(CNCc1ccc(Cl)cc1)Oc1ccccn1.Cl. The molecule has 0 amide bonds. The normalized spacial score (nSPS) is 11.5. The van der Waals surface area contributed by atoms with Gasteiger partial charge in [-0.1, -0.05) is 29.8 Å². The molecular weight excluding hydrogens is 295 g/mol. The minimum absolute atomic E-state index is 0. The molecule has 5 heteroatoms. The van der Waals surface area contributed by atoms with Gasteiger partial charge in [0.2, 0.25) is 5.88 Å². The van der Waals surface area contributed by atoms with Gasteiger partial charge >= 0.3 is 0 Å². The van der Waals surface area contributed by atoms with E-state index in [9.17, 15) is 0 Å². The van der Waals surface area contributed by atoms with Crippen molar-refractivity contribution < 1.29 is 4.74 Å². The number of hydrogen-bond acceptors (Lipinski definition) is 3. The first-order valence-corrected chi connectivity index (χ1v) is 6.64. The van der Waals surface area contributed by atoms with Crippen molar-refractivity contribution in [2.45, 2.75) is 19.6 Å². The van der Waals surface area contributed by atoms with Crippen LogP contribution in [0, 0.1) is 0 Å². The Morgan fingerprint density at radius 3 is 2.60 bits per heavy atom. The molecule has 0 spiro atoms. The van der Waals surface area contributed by atoms with Gasteiger partial charge in [0, 0.05) is 30.4 Å². The highest BCUT2D eigenvalue weighted by atomic mass is 35.5. The standard InChI is InChI=1S/C15H17ClN2O.ClH/c1-12(19-15-4-2-3-9-18-15)10-17-11-13-5-7-14(16)8-6-13;/h2-9,12,17H,10-11H2,1H3;1H. The van der Waals surface area contributed by atoms with Crippen LogP contribution in [0.3, 0.4) is 0 Å². The molecule has 20 heavy (non-hydrogen) atoms. The molecule has 3 nitrogen and oxygen atoms in total. The van der Waals surface area contributed by atoms with Gasteiger partial charge in [0.25, 0.3) is 0 Å². The molecule has 1 atom stereocenters. The van der Waals surface area contributed by atoms with E-state index in [-0.39, 0.29) is 18.5 Å². The van der Waals surface area contributed by atoms with E-state index < -0.39 is 0 Å². The lowest BCUT2D eigenvalue weighted by molar-refractivity contribution is 0.208. The van der Waals surface area contributed by atoms with Gasteiger partial charge < -0.3 is 10.1 Å². The molecule has 1 aromatic carbocycles. The fourth-order valence-corrected chi connectivity index (χ4v) is 1.81. The van der Waals surface area contributed by atoms with Gasteiger partial charge in [0.15, 0.2) is 0 Å². The average molecular weight is 313 g/mol. The Morgan fingerprint density at radius 1 is 1.20 bits per heavy atom. The van der Waals surface area contributed by atoms with Gasteiger partial charge in [-0.05, 0) is 30.7 Å². The second-order valence-corrected chi connectivity index (χ2v) is 4.79. The minimum Gasteiger partial charge on any atom is -0.473 e. The fraction of sp³-hybridized carbons (Fsp3) is 0.267. The zero-order valence-electron chi connectivity index (χ0n) is 11.3. The first-order valence-electron chi connectivity index (χ1n) is 6.27. The summed E-state index contributed by atoms with van der Waals surface area (Å²) < 4.78 is 5.68. The molecule has 0 saturated heterocycles. The van der Waals surface area contributed by atoms with E-state index in [0.29, 0.717) is 5.88 Å². The molecule has 2 aromatic rings. The third-order valence-electron chi connectivity index (χ3n) is 2.63. The summed E-state index contributed by atoms with van der Waals surface area (Å²) in [5.41, 5.74) is 1.20. The first-order chi connectivity index (χ1) is 9.24. The molecule has 108 valence electrons. The maximum absolute atomic E-state index is 5.84. The van der Waals surface area contributed by atoms with Crippen molar-refractivity contribution in [1.29, 1.82) is 0 Å². The Bertz CT molecular complexity index is 491. The molecule has 1 unspecified atom stereocenters. The van der Waals surface area contributed by atoms with Crippen molar-refractivity contribution in [3.8, 4) is 5.88 Å². The molecule has 0 aliphatic carbocycles. The minimum atomic E-state index is 0. The molecule has 0 bridgehead atoms. The number of halogens is 2. The lowest BCUT2D eigenvalue weighted by Crippen LogP contribution is -2.28. The molecule has 1 aromatic heterocycles. The van der Waals surface area contributed by atoms with Crippen LogP contribution < -0.4 is 10.1 Å². The molecule has 1 N–H and O–H groups in total. The predicted octanol–water partition coefficient (Wildman–Crippen LogP) is 3.71. The van der Waals surface area contributed by atoms with Gasteiger partial charge in [0.05, 0.1) is 0 Å². The quantitative estimate of drug-likeness (QED) is 0.883. The molecule has 0 saturated carbocycles. The van der Waals surface area contributed by atoms with E-state index in [0.717, 1.165) is 18.1 Å². The van der Waals surface area contributed by atoms with Crippen molar-refractivity contribution in [2.24, 2.45) is 0 Å². The van der Waals surface area contributed by atoms with Crippen molar-refractivity contribution in [3.05, 3.63) is 59.2 Å². The van der Waals surface area contributed by atoms with Crippen molar-refractivity contribution in [2.75, 3.05) is 6.54 Å². The molecule has 0 aliphatic heterocycles. The Morgan fingerprint density at radius 2 is 1.95 bits per heavy atom. The van der Waals surface area contributed by atoms with Crippen LogP contribution in [0.5, 0.6) is 5.88 Å². The van der Waals surface area contributed by atoms with Gasteiger partial charge in [-0.25, -0.2) is 4.98 Å². The Kier molecular flexibility index (Phi) is 7.37. The van der Waals surface area contributed by atoms with Crippen LogP contribution in [-0.2, 0) is 6.54 Å². The number of rotatable bonds is 6. The number of hydrogen-bond donors (Lipinski definition) is 1. The topological polar surface area (TPSA) is 34.1 Å². The van der Waals surface area contributed by atoms with E-state index in [2.05, 4.69) is 10.3 Å². The number of ether oxygens (including phenoxy) is 1. The van der Waals surface area contributed by atoms with Gasteiger partial charge in [-0.15, -0.1) is 12.4 Å². The second kappa shape index (κ2) is 8.80. The molecular formula is C15H18Cl2N2O. The Labute approximate surface area is 130 Å². The fourth-order valence-electron chi connectivity index (χ4n) is 1.69. The van der Waals surface area contributed by atoms with Crippen LogP contribution in [0.2, 0.25) is 5.02 Å². The lowest BCUT2D eigenvalue weighted by atomic mass is 10.2. The highest BCUT2D eigenvalue weighted by molar-refractivity contribution is 6.30. The molecule has 2 rings (SSSR count). The van der Waals surface area contributed by atoms with E-state index in [4.69, 9.17) is 16.3 Å². The predicted molar refractivity (Wildman–Crippen MR) is 84.7 cm³/mol. The van der Waals surface area contributed by atoms with Crippen molar-refractivity contribution in [3.63, 3.8) is 0 Å². The summed E-state index contributed by atoms with van der Waals surface area (Å²) >= 11 is 5.84. The van der Waals surface area contributed by atoms with E-state index in [1.807, 2.05) is 49.4 Å². The molecule has 0 fully saturated rings. The zero-order valence-corrected chi connectivity index (χ0v) is 12.8. The van der Waals surface area contributed by atoms with E-state index in [1.54, 1.807) is 6.20 Å². The average Bonchev–Trinajstić information content (AvgIpc) is 2.42. The summed E-state index contributed by atoms with van der Waals surface area (Å²) in [4.78, 5) is 4.13. The summed E-state index contributed by atoms with van der Waals surface area (Å²) in [6, 6.07) is 13.5. The number of nitrogens with zero attached hydrogens (tertiary/aromatic N) is 1. The van der Waals surface area contributed by atoms with Crippen molar-refractivity contribution >= 4 is 24.0 Å². The Hall–Kier alpha value is -1.29. The van der Waals surface area contributed by atoms with Crippen LogP contribution in [0.4, 0.5) is 0 Å². The largest absolute Gasteiger partial charge is 0.473 e. The third kappa shape index (κ3) is 5.78. The molecule has 1 heterocycles. The Balaban J connectivity index is 0.00000200. The molecule has 0 aliphatic rings. The van der Waals surface area contributed by atoms with Gasteiger partial charge in [-0.2, -0.15) is 0 Å². The summed E-state index contributed by atoms with van der Waals surface area (Å²) in [6.45, 7) is 3.58. The van der Waals surface area contributed by atoms with E-state index in [1.165, 1.54) is 5.56 Å². The zero-order chi connectivity index (χ0) is 13.5. The van der Waals surface area contributed by atoms with E-state index >= 15 is 0 Å². The first kappa shape index (κ1) is 16.8. The maximum Gasteiger partial charge on any atom is 0.213 e. The maximum atomic E-state index is 5.84. The van der Waals surface area contributed by atoms with Crippen LogP contribution in [0.1, 0.15) is 12.5 Å². The number of benzene rings is 1. The van der Waals surface area contributed by atoms with Gasteiger partial charge in [-0.3, -0.25) is 0 Å². The van der Waals surface area contributed by atoms with Crippen LogP contribution in [-0.4, -0.2) is 17.6 Å². The highest BCUT2D eigenvalue weighted by Gasteiger charge is 2.04. The lowest BCUT2D eigenvalue weighted by Gasteiger charge is -2.14. The number of pyridine rings is 1. The summed E-state index contributed by atoms with van der Waals surface area (Å²) in [5, 5.41) is 4.11. The third-order valence-corrected chi connectivity index (χ3v) is 2.89. The van der Waals surface area contributed by atoms with Gasteiger partial charge in [0.1, 0.15) is 6.10 Å². The van der Waals surface area contributed by atoms with Crippen LogP contribution in [0.25, 0.3) is 0 Å². The smallest absolute Gasteiger partial charge is 0.213 e. The van der Waals surface area contributed by atoms with Crippen LogP contribution in [0.15, 0.2) is 48.7 Å². The number of aromatic nitrogens is 1. The molecule has 0 radical (unpaired) electrons. The summed E-state index contributed by atoms with van der Waals surface area (Å²) in [5.74, 6) is 0.656. The van der Waals surface area contributed by atoms with Crippen molar-refractivity contribution in [1.82, 2.24) is 10.3 Å². The highest BCUT2D eigenvalue weighted by Crippen LogP contribution is 2.09. The number of nitrogens with one attached hydrogen (secondary N) is 1. The second-order valence-electron chi connectivity index (χ2n) is 4.35.